The molecule has 0 bridgehead atoms. The van der Waals surface area contributed by atoms with Crippen LogP contribution in [0.3, 0.4) is 0 Å². The zero-order valence-electron chi connectivity index (χ0n) is 26.8. The summed E-state index contributed by atoms with van der Waals surface area (Å²) in [6, 6.07) is 35.0. The third kappa shape index (κ3) is 8.79. The lowest BCUT2D eigenvalue weighted by Gasteiger charge is -2.14. The van der Waals surface area contributed by atoms with Gasteiger partial charge in [-0.15, -0.1) is 0 Å². The minimum atomic E-state index is 0.975. The fraction of sp³-hybridized carbons (Fsp3) is 0.209. The van der Waals surface area contributed by atoms with Gasteiger partial charge in [-0.05, 0) is 102 Å². The van der Waals surface area contributed by atoms with Crippen molar-refractivity contribution < 1.29 is 0 Å². The molecule has 4 aromatic carbocycles. The van der Waals surface area contributed by atoms with Crippen LogP contribution in [0.5, 0.6) is 0 Å². The van der Waals surface area contributed by atoms with Crippen LogP contribution < -0.4 is 0 Å². The van der Waals surface area contributed by atoms with Gasteiger partial charge in [0.15, 0.2) is 0 Å². The van der Waals surface area contributed by atoms with Gasteiger partial charge in [0.25, 0.3) is 0 Å². The van der Waals surface area contributed by atoms with Crippen molar-refractivity contribution in [1.82, 2.24) is 0 Å². The van der Waals surface area contributed by atoms with Gasteiger partial charge in [0.2, 0.25) is 0 Å². The Morgan fingerprint density at radius 2 is 1.35 bits per heavy atom. The van der Waals surface area contributed by atoms with Crippen molar-refractivity contribution in [2.45, 2.75) is 60.8 Å². The highest BCUT2D eigenvalue weighted by atomic mass is 14.1. The summed E-state index contributed by atoms with van der Waals surface area (Å²) in [6.45, 7) is 13.2. The second kappa shape index (κ2) is 15.7. The third-order valence-corrected chi connectivity index (χ3v) is 7.94. The molecule has 4 rings (SSSR count). The molecular formula is C43H46. The first-order valence-corrected chi connectivity index (χ1v) is 15.7. The highest BCUT2D eigenvalue weighted by Crippen LogP contribution is 2.32. The Balaban J connectivity index is 1.78. The number of hydrogen-bond acceptors (Lipinski definition) is 0. The van der Waals surface area contributed by atoms with E-state index in [1.165, 1.54) is 66.8 Å². The van der Waals surface area contributed by atoms with E-state index >= 15 is 0 Å². The maximum absolute atomic E-state index is 2.38. The Hall–Kier alpha value is -4.42. The summed E-state index contributed by atoms with van der Waals surface area (Å²) in [5.74, 6) is 0. The first-order valence-electron chi connectivity index (χ1n) is 15.7. The normalized spacial score (nSPS) is 13.2. The topological polar surface area (TPSA) is 0 Å². The van der Waals surface area contributed by atoms with Crippen LogP contribution in [0, 0.1) is 13.8 Å². The summed E-state index contributed by atoms with van der Waals surface area (Å²) in [4.78, 5) is 0. The molecular weight excluding hydrogens is 516 g/mol. The predicted molar refractivity (Wildman–Crippen MR) is 191 cm³/mol. The number of allylic oxidation sites excluding steroid dienone is 9. The van der Waals surface area contributed by atoms with Crippen LogP contribution >= 0.6 is 0 Å². The molecule has 0 amide bonds. The summed E-state index contributed by atoms with van der Waals surface area (Å²) < 4.78 is 0. The summed E-state index contributed by atoms with van der Waals surface area (Å²) in [7, 11) is 0. The highest BCUT2D eigenvalue weighted by molar-refractivity contribution is 5.83. The molecule has 0 aliphatic carbocycles. The monoisotopic (exact) mass is 562 g/mol. The summed E-state index contributed by atoms with van der Waals surface area (Å²) in [5.41, 5.74) is 15.4. The molecule has 0 radical (unpaired) electrons. The molecule has 0 aromatic heterocycles. The van der Waals surface area contributed by atoms with Gasteiger partial charge >= 0.3 is 0 Å². The van der Waals surface area contributed by atoms with Crippen LogP contribution in [0.4, 0.5) is 0 Å². The van der Waals surface area contributed by atoms with Gasteiger partial charge in [0.1, 0.15) is 0 Å². The Labute approximate surface area is 260 Å². The first-order chi connectivity index (χ1) is 20.9. The Morgan fingerprint density at radius 1 is 0.628 bits per heavy atom. The van der Waals surface area contributed by atoms with E-state index in [1.807, 2.05) is 0 Å². The lowest BCUT2D eigenvalue weighted by atomic mass is 9.90. The Bertz CT molecular complexity index is 1670. The fourth-order valence-corrected chi connectivity index (χ4v) is 5.54. The van der Waals surface area contributed by atoms with Crippen LogP contribution in [0.15, 0.2) is 139 Å². The molecule has 0 saturated carbocycles. The maximum Gasteiger partial charge on any atom is -0.0146 e. The van der Waals surface area contributed by atoms with Crippen LogP contribution in [-0.4, -0.2) is 0 Å². The smallest absolute Gasteiger partial charge is 0.0146 e. The average Bonchev–Trinajstić information content (AvgIpc) is 3.02. The third-order valence-electron chi connectivity index (χ3n) is 7.94. The molecule has 0 N–H and O–H groups in total. The van der Waals surface area contributed by atoms with Crippen LogP contribution in [0.25, 0.3) is 28.3 Å². The van der Waals surface area contributed by atoms with Crippen molar-refractivity contribution in [2.24, 2.45) is 0 Å². The van der Waals surface area contributed by atoms with E-state index < -0.39 is 0 Å². The molecule has 0 heterocycles. The lowest BCUT2D eigenvalue weighted by molar-refractivity contribution is 0.923. The molecule has 0 aliphatic rings. The van der Waals surface area contributed by atoms with Gasteiger partial charge in [0, 0.05) is 0 Å². The van der Waals surface area contributed by atoms with Gasteiger partial charge in [-0.25, -0.2) is 0 Å². The van der Waals surface area contributed by atoms with E-state index in [1.54, 1.807) is 0 Å². The van der Waals surface area contributed by atoms with Crippen molar-refractivity contribution in [2.75, 3.05) is 0 Å². The molecule has 0 aliphatic heterocycles. The van der Waals surface area contributed by atoms with Crippen LogP contribution in [0.1, 0.15) is 73.9 Å². The summed E-state index contributed by atoms with van der Waals surface area (Å²) >= 11 is 0. The first kappa shape index (κ1) is 31.5. The number of rotatable bonds is 11. The van der Waals surface area contributed by atoms with Crippen molar-refractivity contribution in [1.29, 1.82) is 0 Å². The molecule has 0 saturated heterocycles. The van der Waals surface area contributed by atoms with E-state index in [9.17, 15) is 0 Å². The number of benzene rings is 4. The number of aryl methyl sites for hydroxylation is 3. The van der Waals surface area contributed by atoms with E-state index in [-0.39, 0.29) is 0 Å². The van der Waals surface area contributed by atoms with Crippen LogP contribution in [-0.2, 0) is 6.42 Å². The van der Waals surface area contributed by atoms with Crippen molar-refractivity contribution in [3.05, 3.63) is 172 Å². The predicted octanol–water partition coefficient (Wildman–Crippen LogP) is 12.4. The molecule has 0 unspecified atom stereocenters. The SMILES string of the molecule is CCCc1ccccc1-c1cc(C(/C=C(C)/C=C(C)/C=C\c2ccccc2C)=C/C=C(\CC)c2ccccc2)ccc1C. The van der Waals surface area contributed by atoms with Gasteiger partial charge < -0.3 is 0 Å². The Morgan fingerprint density at radius 3 is 2.09 bits per heavy atom. The van der Waals surface area contributed by atoms with Gasteiger partial charge in [0.05, 0.1) is 0 Å². The Kier molecular flexibility index (Phi) is 11.5. The molecule has 0 atom stereocenters. The van der Waals surface area contributed by atoms with E-state index in [2.05, 4.69) is 175 Å². The van der Waals surface area contributed by atoms with E-state index in [4.69, 9.17) is 0 Å². The summed E-state index contributed by atoms with van der Waals surface area (Å²) in [5, 5.41) is 0. The van der Waals surface area contributed by atoms with Gasteiger partial charge in [-0.1, -0.05) is 159 Å². The molecule has 43 heavy (non-hydrogen) atoms. The second-order valence-electron chi connectivity index (χ2n) is 11.4. The van der Waals surface area contributed by atoms with Crippen molar-refractivity contribution in [3.63, 3.8) is 0 Å². The van der Waals surface area contributed by atoms with E-state index in [0.29, 0.717) is 0 Å². The quantitative estimate of drug-likeness (QED) is 0.159. The number of hydrogen-bond donors (Lipinski definition) is 0. The standard InChI is InChI=1S/C43H46/c1-7-16-39-21-14-15-22-42(39)43-31-41(26-24-35(43)6)40(28-27-36(8-2)38-19-10-9-11-20-38)30-33(4)29-32(3)23-25-37-18-13-12-17-34(37)5/h9-15,17-31H,7-8,16H2,1-6H3/b25-23-,32-29+,33-30+,36-27+,40-28+. The molecule has 0 fully saturated rings. The zero-order valence-corrected chi connectivity index (χ0v) is 26.8. The lowest BCUT2D eigenvalue weighted by Crippen LogP contribution is -1.93. The van der Waals surface area contributed by atoms with Crippen LogP contribution in [0.2, 0.25) is 0 Å². The molecule has 4 aromatic rings. The maximum atomic E-state index is 2.38. The second-order valence-corrected chi connectivity index (χ2v) is 11.4. The molecule has 0 heteroatoms. The minimum absolute atomic E-state index is 0.975. The summed E-state index contributed by atoms with van der Waals surface area (Å²) in [6.07, 6.45) is 16.8. The molecule has 0 nitrogen and oxygen atoms in total. The zero-order chi connectivity index (χ0) is 30.6. The van der Waals surface area contributed by atoms with Crippen molar-refractivity contribution >= 4 is 17.2 Å². The molecule has 0 spiro atoms. The average molecular weight is 563 g/mol. The molecule has 218 valence electrons. The van der Waals surface area contributed by atoms with Crippen molar-refractivity contribution in [3.8, 4) is 11.1 Å². The minimum Gasteiger partial charge on any atom is -0.0651 e. The van der Waals surface area contributed by atoms with Gasteiger partial charge in [-0.3, -0.25) is 0 Å². The van der Waals surface area contributed by atoms with E-state index in [0.717, 1.165) is 19.3 Å². The fourth-order valence-electron chi connectivity index (χ4n) is 5.54. The largest absolute Gasteiger partial charge is 0.0651 e. The van der Waals surface area contributed by atoms with Gasteiger partial charge in [-0.2, -0.15) is 0 Å². The highest BCUT2D eigenvalue weighted by Gasteiger charge is 2.10.